The summed E-state index contributed by atoms with van der Waals surface area (Å²) in [5.41, 5.74) is 1.45. The lowest BCUT2D eigenvalue weighted by Crippen LogP contribution is -1.83. The van der Waals surface area contributed by atoms with Crippen molar-refractivity contribution >= 4 is 11.6 Å². The van der Waals surface area contributed by atoms with E-state index in [1.807, 2.05) is 0 Å². The number of pyridine rings is 2. The Morgan fingerprint density at radius 2 is 1.89 bits per heavy atom. The van der Waals surface area contributed by atoms with Gasteiger partial charge in [0.05, 0.1) is 5.56 Å². The number of nitrogens with zero attached hydrogens (tertiary/aromatic N) is 4. The van der Waals surface area contributed by atoms with Gasteiger partial charge < -0.3 is 4.52 Å². The lowest BCUT2D eigenvalue weighted by atomic mass is 10.2. The lowest BCUT2D eigenvalue weighted by Gasteiger charge is -1.95. The third kappa shape index (κ3) is 1.96. The van der Waals surface area contributed by atoms with E-state index in [2.05, 4.69) is 20.1 Å². The molecular formula is C12H7ClN4O. The highest BCUT2D eigenvalue weighted by molar-refractivity contribution is 6.31. The molecule has 0 saturated carbocycles. The topological polar surface area (TPSA) is 64.7 Å². The largest absolute Gasteiger partial charge is 0.333 e. The molecule has 0 atom stereocenters. The van der Waals surface area contributed by atoms with Gasteiger partial charge in [0.2, 0.25) is 5.82 Å². The van der Waals surface area contributed by atoms with Crippen LogP contribution in [0.15, 0.2) is 47.4 Å². The molecule has 0 amide bonds. The molecule has 3 rings (SSSR count). The zero-order chi connectivity index (χ0) is 12.4. The van der Waals surface area contributed by atoms with Crippen molar-refractivity contribution in [3.05, 3.63) is 48.0 Å². The summed E-state index contributed by atoms with van der Waals surface area (Å²) in [6.07, 6.45) is 4.94. The molecule has 0 aliphatic carbocycles. The van der Waals surface area contributed by atoms with Gasteiger partial charge in [-0.1, -0.05) is 16.8 Å². The van der Waals surface area contributed by atoms with E-state index in [0.29, 0.717) is 22.4 Å². The van der Waals surface area contributed by atoms with Crippen LogP contribution in [0, 0.1) is 0 Å². The molecule has 0 N–H and O–H groups in total. The highest BCUT2D eigenvalue weighted by atomic mass is 35.5. The number of halogens is 1. The first kappa shape index (κ1) is 10.9. The van der Waals surface area contributed by atoms with E-state index in [1.165, 1.54) is 0 Å². The summed E-state index contributed by atoms with van der Waals surface area (Å²) in [6, 6.07) is 7.15. The van der Waals surface area contributed by atoms with E-state index in [9.17, 15) is 0 Å². The quantitative estimate of drug-likeness (QED) is 0.661. The van der Waals surface area contributed by atoms with Crippen molar-refractivity contribution in [2.75, 3.05) is 0 Å². The minimum atomic E-state index is 0.336. The zero-order valence-electron chi connectivity index (χ0n) is 9.12. The standard InChI is InChI=1S/C12H7ClN4O/c13-10-9(2-1-5-15-10)12-16-11(17-18-12)8-3-6-14-7-4-8/h1-7H. The van der Waals surface area contributed by atoms with Crippen molar-refractivity contribution in [3.63, 3.8) is 0 Å². The fourth-order valence-electron chi connectivity index (χ4n) is 1.50. The van der Waals surface area contributed by atoms with Crippen LogP contribution in [-0.4, -0.2) is 20.1 Å². The van der Waals surface area contributed by atoms with Crippen molar-refractivity contribution in [2.45, 2.75) is 0 Å². The van der Waals surface area contributed by atoms with Crippen LogP contribution in [0.5, 0.6) is 0 Å². The first-order valence-electron chi connectivity index (χ1n) is 5.19. The maximum atomic E-state index is 5.97. The van der Waals surface area contributed by atoms with Crippen LogP contribution in [0.3, 0.4) is 0 Å². The van der Waals surface area contributed by atoms with Crippen LogP contribution in [0.4, 0.5) is 0 Å². The second-order valence-corrected chi connectivity index (χ2v) is 3.86. The number of hydrogen-bond acceptors (Lipinski definition) is 5. The fraction of sp³-hybridized carbons (Fsp3) is 0. The smallest absolute Gasteiger partial charge is 0.261 e. The highest BCUT2D eigenvalue weighted by Crippen LogP contribution is 2.26. The van der Waals surface area contributed by atoms with Crippen LogP contribution in [0.2, 0.25) is 5.15 Å². The summed E-state index contributed by atoms with van der Waals surface area (Å²) >= 11 is 5.97. The van der Waals surface area contributed by atoms with Crippen molar-refractivity contribution < 1.29 is 4.52 Å². The van der Waals surface area contributed by atoms with E-state index >= 15 is 0 Å². The molecule has 3 heterocycles. The molecular weight excluding hydrogens is 252 g/mol. The monoisotopic (exact) mass is 258 g/mol. The van der Waals surface area contributed by atoms with Crippen molar-refractivity contribution in [3.8, 4) is 22.8 Å². The highest BCUT2D eigenvalue weighted by Gasteiger charge is 2.13. The summed E-state index contributed by atoms with van der Waals surface area (Å²) in [5, 5.41) is 4.24. The Hall–Kier alpha value is -2.27. The second-order valence-electron chi connectivity index (χ2n) is 3.50. The van der Waals surface area contributed by atoms with Gasteiger partial charge in [0.25, 0.3) is 5.89 Å². The van der Waals surface area contributed by atoms with Crippen LogP contribution < -0.4 is 0 Å². The van der Waals surface area contributed by atoms with Gasteiger partial charge in [-0.3, -0.25) is 4.98 Å². The maximum absolute atomic E-state index is 5.97. The predicted octanol–water partition coefficient (Wildman–Crippen LogP) is 2.85. The molecule has 88 valence electrons. The van der Waals surface area contributed by atoms with Gasteiger partial charge in [-0.2, -0.15) is 4.98 Å². The minimum absolute atomic E-state index is 0.336. The molecule has 3 aromatic heterocycles. The molecule has 0 unspecified atom stereocenters. The molecule has 0 aliphatic heterocycles. The first-order valence-corrected chi connectivity index (χ1v) is 5.57. The van der Waals surface area contributed by atoms with Crippen LogP contribution in [0.25, 0.3) is 22.8 Å². The zero-order valence-corrected chi connectivity index (χ0v) is 9.87. The number of hydrogen-bond donors (Lipinski definition) is 0. The minimum Gasteiger partial charge on any atom is -0.333 e. The van der Waals surface area contributed by atoms with Crippen LogP contribution in [0.1, 0.15) is 0 Å². The van der Waals surface area contributed by atoms with Crippen LogP contribution in [-0.2, 0) is 0 Å². The third-order valence-corrected chi connectivity index (χ3v) is 2.66. The Kier molecular flexibility index (Phi) is 2.74. The molecule has 5 nitrogen and oxygen atoms in total. The van der Waals surface area contributed by atoms with Gasteiger partial charge >= 0.3 is 0 Å². The summed E-state index contributed by atoms with van der Waals surface area (Å²) in [6.45, 7) is 0. The number of aromatic nitrogens is 4. The Morgan fingerprint density at radius 1 is 1.06 bits per heavy atom. The summed E-state index contributed by atoms with van der Waals surface area (Å²) in [5.74, 6) is 0.840. The van der Waals surface area contributed by atoms with Crippen molar-refractivity contribution in [1.82, 2.24) is 20.1 Å². The summed E-state index contributed by atoms with van der Waals surface area (Å²) in [4.78, 5) is 12.2. The van der Waals surface area contributed by atoms with E-state index in [4.69, 9.17) is 16.1 Å². The average Bonchev–Trinajstić information content (AvgIpc) is 2.90. The summed E-state index contributed by atoms with van der Waals surface area (Å²) in [7, 11) is 0. The normalized spacial score (nSPS) is 10.5. The Balaban J connectivity index is 2.03. The maximum Gasteiger partial charge on any atom is 0.261 e. The van der Waals surface area contributed by atoms with Gasteiger partial charge in [0.1, 0.15) is 5.15 Å². The SMILES string of the molecule is Clc1ncccc1-c1nc(-c2ccncc2)no1. The number of rotatable bonds is 2. The van der Waals surface area contributed by atoms with Gasteiger partial charge in [0, 0.05) is 24.2 Å². The molecule has 0 aromatic carbocycles. The third-order valence-electron chi connectivity index (χ3n) is 2.35. The van der Waals surface area contributed by atoms with E-state index in [1.54, 1.807) is 42.9 Å². The molecule has 3 aromatic rings. The molecule has 0 aliphatic rings. The van der Waals surface area contributed by atoms with E-state index in [-0.39, 0.29) is 0 Å². The predicted molar refractivity (Wildman–Crippen MR) is 65.8 cm³/mol. The van der Waals surface area contributed by atoms with E-state index in [0.717, 1.165) is 5.56 Å². The Morgan fingerprint density at radius 3 is 2.67 bits per heavy atom. The molecule has 0 saturated heterocycles. The Labute approximate surface area is 107 Å². The van der Waals surface area contributed by atoms with Gasteiger partial charge in [-0.25, -0.2) is 4.98 Å². The van der Waals surface area contributed by atoms with Crippen molar-refractivity contribution in [1.29, 1.82) is 0 Å². The van der Waals surface area contributed by atoms with Crippen molar-refractivity contribution in [2.24, 2.45) is 0 Å². The molecule has 0 spiro atoms. The molecule has 0 fully saturated rings. The average molecular weight is 259 g/mol. The Bertz CT molecular complexity index is 669. The molecule has 0 radical (unpaired) electrons. The van der Waals surface area contributed by atoms with Crippen LogP contribution >= 0.6 is 11.6 Å². The fourth-order valence-corrected chi connectivity index (χ4v) is 1.70. The molecule has 6 heteroatoms. The van der Waals surface area contributed by atoms with E-state index < -0.39 is 0 Å². The van der Waals surface area contributed by atoms with Gasteiger partial charge in [-0.05, 0) is 24.3 Å². The first-order chi connectivity index (χ1) is 8.84. The van der Waals surface area contributed by atoms with Gasteiger partial charge in [0.15, 0.2) is 0 Å². The second kappa shape index (κ2) is 4.54. The summed E-state index contributed by atoms with van der Waals surface area (Å²) < 4.78 is 5.18. The molecule has 0 bridgehead atoms. The molecule has 18 heavy (non-hydrogen) atoms. The lowest BCUT2D eigenvalue weighted by molar-refractivity contribution is 0.432. The van der Waals surface area contributed by atoms with Gasteiger partial charge in [-0.15, -0.1) is 0 Å².